The molecule has 0 spiro atoms. The molecule has 0 amide bonds. The molecule has 1 atom stereocenters. The Labute approximate surface area is 158 Å². The van der Waals surface area contributed by atoms with Crippen molar-refractivity contribution in [2.24, 2.45) is 0 Å². The van der Waals surface area contributed by atoms with Gasteiger partial charge in [0, 0.05) is 36.1 Å². The summed E-state index contributed by atoms with van der Waals surface area (Å²) in [6, 6.07) is 19.7. The molecule has 0 saturated heterocycles. The van der Waals surface area contributed by atoms with E-state index in [1.807, 2.05) is 36.4 Å². The Balaban J connectivity index is 1.35. The third-order valence-electron chi connectivity index (χ3n) is 4.87. The Morgan fingerprint density at radius 1 is 1.11 bits per heavy atom. The van der Waals surface area contributed by atoms with Crippen LogP contribution in [0.2, 0.25) is 0 Å². The first-order chi connectivity index (χ1) is 13.2. The highest BCUT2D eigenvalue weighted by Crippen LogP contribution is 2.28. The summed E-state index contributed by atoms with van der Waals surface area (Å²) in [5.74, 6) is 0.689. The summed E-state index contributed by atoms with van der Waals surface area (Å²) in [4.78, 5) is 16.5. The number of hydrogen-bond donors (Lipinski definition) is 2. The topological polar surface area (TPSA) is 65.6 Å². The van der Waals surface area contributed by atoms with Crippen LogP contribution >= 0.6 is 0 Å². The van der Waals surface area contributed by atoms with Crippen LogP contribution in [0.5, 0.6) is 5.75 Å². The standard InChI is InChI=1S/C22H24N2O3/c25-19(14-24(18-7-8-18)13-16-4-2-1-3-5-16)15-27-20-9-10-21-17(12-20)6-11-22(26)23-21/h1-6,9-12,18-19,25H,7-8,13-15H2,(H,23,26). The molecule has 2 aromatic carbocycles. The molecule has 5 heteroatoms. The summed E-state index contributed by atoms with van der Waals surface area (Å²) in [6.45, 7) is 1.69. The molecular formula is C22H24N2O3. The van der Waals surface area contributed by atoms with Crippen molar-refractivity contribution in [3.8, 4) is 5.75 Å². The van der Waals surface area contributed by atoms with Gasteiger partial charge in [-0.05, 0) is 42.7 Å². The summed E-state index contributed by atoms with van der Waals surface area (Å²) in [7, 11) is 0. The molecule has 0 aliphatic heterocycles. The Morgan fingerprint density at radius 2 is 1.93 bits per heavy atom. The lowest BCUT2D eigenvalue weighted by Gasteiger charge is -2.25. The summed E-state index contributed by atoms with van der Waals surface area (Å²) in [6.07, 6.45) is 1.84. The Bertz CT molecular complexity index is 950. The first-order valence-corrected chi connectivity index (χ1v) is 9.39. The van der Waals surface area contributed by atoms with Gasteiger partial charge in [0.1, 0.15) is 18.5 Å². The quantitative estimate of drug-likeness (QED) is 0.645. The monoisotopic (exact) mass is 364 g/mol. The fourth-order valence-electron chi connectivity index (χ4n) is 3.34. The Morgan fingerprint density at radius 3 is 2.70 bits per heavy atom. The zero-order valence-electron chi connectivity index (χ0n) is 15.2. The molecule has 1 aliphatic rings. The minimum atomic E-state index is -0.555. The maximum atomic E-state index is 11.4. The maximum absolute atomic E-state index is 11.4. The average Bonchev–Trinajstić information content (AvgIpc) is 3.52. The first kappa shape index (κ1) is 17.8. The number of benzene rings is 2. The molecule has 4 rings (SSSR count). The zero-order chi connectivity index (χ0) is 18.6. The van der Waals surface area contributed by atoms with E-state index in [2.05, 4.69) is 22.0 Å². The van der Waals surface area contributed by atoms with Crippen molar-refractivity contribution in [2.45, 2.75) is 31.5 Å². The van der Waals surface area contributed by atoms with Crippen LogP contribution in [0, 0.1) is 0 Å². The van der Waals surface area contributed by atoms with Gasteiger partial charge in [0.25, 0.3) is 0 Å². The van der Waals surface area contributed by atoms with E-state index in [4.69, 9.17) is 4.74 Å². The Hall–Kier alpha value is -2.63. The van der Waals surface area contributed by atoms with Crippen molar-refractivity contribution in [2.75, 3.05) is 13.2 Å². The van der Waals surface area contributed by atoms with Gasteiger partial charge >= 0.3 is 0 Å². The summed E-state index contributed by atoms with van der Waals surface area (Å²) in [5.41, 5.74) is 1.92. The number of aliphatic hydroxyl groups excluding tert-OH is 1. The molecule has 1 saturated carbocycles. The van der Waals surface area contributed by atoms with Gasteiger partial charge in [0.05, 0.1) is 0 Å². The van der Waals surface area contributed by atoms with Gasteiger partial charge in [-0.2, -0.15) is 0 Å². The zero-order valence-corrected chi connectivity index (χ0v) is 15.2. The maximum Gasteiger partial charge on any atom is 0.248 e. The van der Waals surface area contributed by atoms with Gasteiger partial charge in [-0.3, -0.25) is 9.69 Å². The molecule has 1 aliphatic carbocycles. The van der Waals surface area contributed by atoms with E-state index in [0.717, 1.165) is 17.4 Å². The number of fused-ring (bicyclic) bond motifs is 1. The van der Waals surface area contributed by atoms with E-state index in [9.17, 15) is 9.90 Å². The van der Waals surface area contributed by atoms with Gasteiger partial charge in [-0.25, -0.2) is 0 Å². The summed E-state index contributed by atoms with van der Waals surface area (Å²) in [5, 5.41) is 11.4. The van der Waals surface area contributed by atoms with Crippen molar-refractivity contribution in [1.82, 2.24) is 9.88 Å². The van der Waals surface area contributed by atoms with Crippen LogP contribution in [-0.4, -0.2) is 40.3 Å². The number of hydrogen-bond acceptors (Lipinski definition) is 4. The van der Waals surface area contributed by atoms with Crippen LogP contribution < -0.4 is 10.3 Å². The van der Waals surface area contributed by atoms with Crippen LogP contribution in [-0.2, 0) is 6.54 Å². The van der Waals surface area contributed by atoms with Crippen molar-refractivity contribution in [1.29, 1.82) is 0 Å². The number of nitrogens with zero attached hydrogens (tertiary/aromatic N) is 1. The molecule has 0 radical (unpaired) electrons. The van der Waals surface area contributed by atoms with Gasteiger partial charge in [-0.15, -0.1) is 0 Å². The highest BCUT2D eigenvalue weighted by atomic mass is 16.5. The summed E-state index contributed by atoms with van der Waals surface area (Å²) >= 11 is 0. The van der Waals surface area contributed by atoms with Gasteiger partial charge in [-0.1, -0.05) is 30.3 Å². The lowest BCUT2D eigenvalue weighted by molar-refractivity contribution is 0.0627. The third kappa shape index (κ3) is 4.76. The number of ether oxygens (including phenoxy) is 1. The second-order valence-corrected chi connectivity index (χ2v) is 7.18. The van der Waals surface area contributed by atoms with E-state index < -0.39 is 6.10 Å². The predicted octanol–water partition coefficient (Wildman–Crippen LogP) is 2.93. The molecule has 140 valence electrons. The Kier molecular flexibility index (Phi) is 5.23. The number of nitrogens with one attached hydrogen (secondary N) is 1. The van der Waals surface area contributed by atoms with E-state index in [0.29, 0.717) is 18.3 Å². The second-order valence-electron chi connectivity index (χ2n) is 7.18. The smallest absolute Gasteiger partial charge is 0.248 e. The number of rotatable bonds is 8. The SMILES string of the molecule is O=c1ccc2cc(OCC(O)CN(Cc3ccccc3)C3CC3)ccc2[nH]1. The number of aromatic amines is 1. The van der Waals surface area contributed by atoms with Crippen molar-refractivity contribution in [3.05, 3.63) is 76.6 Å². The van der Waals surface area contributed by atoms with Crippen LogP contribution in [0.15, 0.2) is 65.5 Å². The number of pyridine rings is 1. The van der Waals surface area contributed by atoms with Crippen molar-refractivity contribution >= 4 is 10.9 Å². The molecule has 3 aromatic rings. The van der Waals surface area contributed by atoms with Crippen LogP contribution in [0.25, 0.3) is 10.9 Å². The van der Waals surface area contributed by atoms with Crippen LogP contribution in [0.3, 0.4) is 0 Å². The fraction of sp³-hybridized carbons (Fsp3) is 0.318. The fourth-order valence-corrected chi connectivity index (χ4v) is 3.34. The van der Waals surface area contributed by atoms with Gasteiger partial charge in [0.15, 0.2) is 0 Å². The minimum absolute atomic E-state index is 0.120. The predicted molar refractivity (Wildman–Crippen MR) is 106 cm³/mol. The van der Waals surface area contributed by atoms with E-state index >= 15 is 0 Å². The molecule has 0 bridgehead atoms. The summed E-state index contributed by atoms with van der Waals surface area (Å²) < 4.78 is 5.79. The molecule has 2 N–H and O–H groups in total. The van der Waals surface area contributed by atoms with Crippen LogP contribution in [0.4, 0.5) is 0 Å². The number of aliphatic hydroxyl groups is 1. The van der Waals surface area contributed by atoms with Gasteiger partial charge < -0.3 is 14.8 Å². The van der Waals surface area contributed by atoms with E-state index in [1.165, 1.54) is 24.5 Å². The second kappa shape index (κ2) is 7.94. The molecular weight excluding hydrogens is 340 g/mol. The molecule has 5 nitrogen and oxygen atoms in total. The number of H-pyrrole nitrogens is 1. The molecule has 1 heterocycles. The van der Waals surface area contributed by atoms with Crippen molar-refractivity contribution in [3.63, 3.8) is 0 Å². The van der Waals surface area contributed by atoms with Crippen molar-refractivity contribution < 1.29 is 9.84 Å². The normalized spacial score (nSPS) is 15.2. The highest BCUT2D eigenvalue weighted by Gasteiger charge is 2.30. The van der Waals surface area contributed by atoms with E-state index in [-0.39, 0.29) is 12.2 Å². The minimum Gasteiger partial charge on any atom is -0.491 e. The number of aromatic nitrogens is 1. The van der Waals surface area contributed by atoms with Gasteiger partial charge in [0.2, 0.25) is 5.56 Å². The lowest BCUT2D eigenvalue weighted by Crippen LogP contribution is -2.36. The largest absolute Gasteiger partial charge is 0.491 e. The van der Waals surface area contributed by atoms with E-state index in [1.54, 1.807) is 6.07 Å². The highest BCUT2D eigenvalue weighted by molar-refractivity contribution is 5.79. The molecule has 1 aromatic heterocycles. The molecule has 1 unspecified atom stereocenters. The first-order valence-electron chi connectivity index (χ1n) is 9.39. The third-order valence-corrected chi connectivity index (χ3v) is 4.87. The average molecular weight is 364 g/mol. The van der Waals surface area contributed by atoms with Crippen LogP contribution in [0.1, 0.15) is 18.4 Å². The molecule has 1 fully saturated rings. The molecule has 27 heavy (non-hydrogen) atoms. The lowest BCUT2D eigenvalue weighted by atomic mass is 10.2.